The molecule has 4 heteroatoms. The van der Waals surface area contributed by atoms with Gasteiger partial charge in [-0.1, -0.05) is 13.8 Å². The molecule has 1 aromatic heterocycles. The van der Waals surface area contributed by atoms with Gasteiger partial charge in [0.05, 0.1) is 29.1 Å². The zero-order chi connectivity index (χ0) is 13.8. The highest BCUT2D eigenvalue weighted by molar-refractivity contribution is 5.61. The molecule has 0 unspecified atom stereocenters. The molecular formula is C14H21N3O. The van der Waals surface area contributed by atoms with E-state index in [0.29, 0.717) is 5.56 Å². The van der Waals surface area contributed by atoms with Crippen LogP contribution in [0.1, 0.15) is 43.6 Å². The van der Waals surface area contributed by atoms with Gasteiger partial charge in [-0.3, -0.25) is 4.98 Å². The van der Waals surface area contributed by atoms with Crippen LogP contribution >= 0.6 is 0 Å². The molecule has 0 aliphatic heterocycles. The number of nitrogens with zero attached hydrogens (tertiary/aromatic N) is 2. The van der Waals surface area contributed by atoms with Crippen LogP contribution in [0.3, 0.4) is 0 Å². The second-order valence-electron chi connectivity index (χ2n) is 4.65. The number of pyridine rings is 1. The first-order chi connectivity index (χ1) is 8.51. The van der Waals surface area contributed by atoms with Crippen molar-refractivity contribution >= 4 is 5.69 Å². The van der Waals surface area contributed by atoms with Crippen molar-refractivity contribution < 1.29 is 5.11 Å². The lowest BCUT2D eigenvalue weighted by Crippen LogP contribution is -2.41. The summed E-state index contributed by atoms with van der Waals surface area (Å²) in [7, 11) is 0. The van der Waals surface area contributed by atoms with E-state index in [4.69, 9.17) is 0 Å². The van der Waals surface area contributed by atoms with Gasteiger partial charge in [-0.2, -0.15) is 5.26 Å². The second kappa shape index (κ2) is 5.83. The van der Waals surface area contributed by atoms with Crippen LogP contribution in [0, 0.1) is 25.2 Å². The van der Waals surface area contributed by atoms with E-state index < -0.39 is 0 Å². The maximum absolute atomic E-state index is 9.58. The van der Waals surface area contributed by atoms with E-state index in [1.807, 2.05) is 33.8 Å². The summed E-state index contributed by atoms with van der Waals surface area (Å²) in [5.41, 5.74) is 2.54. The number of nitriles is 1. The lowest BCUT2D eigenvalue weighted by molar-refractivity contribution is 0.202. The average molecular weight is 247 g/mol. The van der Waals surface area contributed by atoms with Crippen LogP contribution in [0.5, 0.6) is 0 Å². The van der Waals surface area contributed by atoms with Gasteiger partial charge >= 0.3 is 0 Å². The molecule has 0 saturated heterocycles. The largest absolute Gasteiger partial charge is 0.394 e. The van der Waals surface area contributed by atoms with E-state index in [-0.39, 0.29) is 12.1 Å². The van der Waals surface area contributed by atoms with E-state index in [1.54, 1.807) is 0 Å². The summed E-state index contributed by atoms with van der Waals surface area (Å²) in [6, 6.07) is 4.04. The van der Waals surface area contributed by atoms with Crippen LogP contribution < -0.4 is 5.32 Å². The summed E-state index contributed by atoms with van der Waals surface area (Å²) in [4.78, 5) is 4.29. The van der Waals surface area contributed by atoms with E-state index in [0.717, 1.165) is 29.9 Å². The molecule has 0 spiro atoms. The van der Waals surface area contributed by atoms with Gasteiger partial charge in [0, 0.05) is 5.69 Å². The van der Waals surface area contributed by atoms with Crippen molar-refractivity contribution in [1.82, 2.24) is 4.98 Å². The molecule has 0 saturated carbocycles. The third kappa shape index (κ3) is 2.80. The van der Waals surface area contributed by atoms with Gasteiger partial charge in [0.15, 0.2) is 0 Å². The molecule has 0 bridgehead atoms. The van der Waals surface area contributed by atoms with E-state index in [9.17, 15) is 10.4 Å². The molecule has 1 aromatic rings. The SMILES string of the molecule is CCC(CC)(CO)Nc1cc(C)nc(C)c1C#N. The number of anilines is 1. The van der Waals surface area contributed by atoms with Crippen LogP contribution in [0.25, 0.3) is 0 Å². The van der Waals surface area contributed by atoms with Gasteiger partial charge in [-0.15, -0.1) is 0 Å². The van der Waals surface area contributed by atoms with Crippen molar-refractivity contribution in [3.05, 3.63) is 23.0 Å². The van der Waals surface area contributed by atoms with Crippen LogP contribution in [-0.4, -0.2) is 22.2 Å². The molecule has 18 heavy (non-hydrogen) atoms. The van der Waals surface area contributed by atoms with Gasteiger partial charge in [-0.05, 0) is 32.8 Å². The molecule has 0 fully saturated rings. The highest BCUT2D eigenvalue weighted by Crippen LogP contribution is 2.26. The fourth-order valence-corrected chi connectivity index (χ4v) is 2.04. The summed E-state index contributed by atoms with van der Waals surface area (Å²) in [5.74, 6) is 0. The quantitative estimate of drug-likeness (QED) is 0.839. The summed E-state index contributed by atoms with van der Waals surface area (Å²) in [5, 5.41) is 22.1. The fraction of sp³-hybridized carbons (Fsp3) is 0.571. The standard InChI is InChI=1S/C14H21N3O/c1-5-14(6-2,9-18)17-13-7-10(3)16-11(4)12(13)8-15/h7,18H,5-6,9H2,1-4H3,(H,16,17). The predicted octanol–water partition coefficient (Wildman–Crippen LogP) is 2.53. The number of rotatable bonds is 5. The Kier molecular flexibility index (Phi) is 4.69. The number of hydrogen-bond acceptors (Lipinski definition) is 4. The Balaban J connectivity index is 3.22. The zero-order valence-electron chi connectivity index (χ0n) is 11.5. The molecule has 0 radical (unpaired) electrons. The Morgan fingerprint density at radius 3 is 2.44 bits per heavy atom. The molecule has 4 nitrogen and oxygen atoms in total. The number of aryl methyl sites for hydroxylation is 2. The molecule has 1 heterocycles. The summed E-state index contributed by atoms with van der Waals surface area (Å²) < 4.78 is 0. The van der Waals surface area contributed by atoms with Gasteiger partial charge in [0.25, 0.3) is 0 Å². The fourth-order valence-electron chi connectivity index (χ4n) is 2.04. The molecule has 1 rings (SSSR count). The van der Waals surface area contributed by atoms with E-state index in [1.165, 1.54) is 0 Å². The van der Waals surface area contributed by atoms with Crippen LogP contribution in [-0.2, 0) is 0 Å². The Bertz CT molecular complexity index is 451. The van der Waals surface area contributed by atoms with Crippen molar-refractivity contribution in [2.24, 2.45) is 0 Å². The third-order valence-corrected chi connectivity index (χ3v) is 3.50. The molecule has 0 aliphatic rings. The Morgan fingerprint density at radius 1 is 1.39 bits per heavy atom. The van der Waals surface area contributed by atoms with Gasteiger partial charge in [-0.25, -0.2) is 0 Å². The van der Waals surface area contributed by atoms with Crippen molar-refractivity contribution in [3.8, 4) is 6.07 Å². The second-order valence-corrected chi connectivity index (χ2v) is 4.65. The van der Waals surface area contributed by atoms with Crippen LogP contribution in [0.4, 0.5) is 5.69 Å². The first-order valence-electron chi connectivity index (χ1n) is 6.29. The maximum atomic E-state index is 9.58. The number of aromatic nitrogens is 1. The Morgan fingerprint density at radius 2 is 2.00 bits per heavy atom. The summed E-state index contributed by atoms with van der Waals surface area (Å²) in [6.45, 7) is 7.83. The normalized spacial score (nSPS) is 11.1. The first kappa shape index (κ1) is 14.5. The molecule has 0 aliphatic carbocycles. The molecule has 98 valence electrons. The summed E-state index contributed by atoms with van der Waals surface area (Å²) >= 11 is 0. The van der Waals surface area contributed by atoms with E-state index in [2.05, 4.69) is 16.4 Å². The molecule has 0 amide bonds. The molecule has 0 aromatic carbocycles. The minimum absolute atomic E-state index is 0.0469. The van der Waals surface area contributed by atoms with Crippen LogP contribution in [0.15, 0.2) is 6.07 Å². The maximum Gasteiger partial charge on any atom is 0.103 e. The lowest BCUT2D eigenvalue weighted by Gasteiger charge is -2.32. The Hall–Kier alpha value is -1.60. The monoisotopic (exact) mass is 247 g/mol. The van der Waals surface area contributed by atoms with Gasteiger partial charge in [0.2, 0.25) is 0 Å². The highest BCUT2D eigenvalue weighted by atomic mass is 16.3. The smallest absolute Gasteiger partial charge is 0.103 e. The average Bonchev–Trinajstić information content (AvgIpc) is 2.35. The summed E-state index contributed by atoms with van der Waals surface area (Å²) in [6.07, 6.45) is 1.59. The number of nitrogens with one attached hydrogen (secondary N) is 1. The van der Waals surface area contributed by atoms with Gasteiger partial charge in [0.1, 0.15) is 6.07 Å². The topological polar surface area (TPSA) is 68.9 Å². The minimum Gasteiger partial charge on any atom is -0.394 e. The number of aliphatic hydroxyl groups excluding tert-OH is 1. The number of aliphatic hydroxyl groups is 1. The van der Waals surface area contributed by atoms with Crippen molar-refractivity contribution in [2.75, 3.05) is 11.9 Å². The number of hydrogen-bond donors (Lipinski definition) is 2. The van der Waals surface area contributed by atoms with Gasteiger partial charge < -0.3 is 10.4 Å². The minimum atomic E-state index is -0.369. The zero-order valence-corrected chi connectivity index (χ0v) is 11.5. The highest BCUT2D eigenvalue weighted by Gasteiger charge is 2.26. The lowest BCUT2D eigenvalue weighted by atomic mass is 9.93. The van der Waals surface area contributed by atoms with Crippen molar-refractivity contribution in [3.63, 3.8) is 0 Å². The molecule has 0 atom stereocenters. The third-order valence-electron chi connectivity index (χ3n) is 3.50. The van der Waals surface area contributed by atoms with E-state index >= 15 is 0 Å². The molecule has 2 N–H and O–H groups in total. The molecular weight excluding hydrogens is 226 g/mol. The Labute approximate surface area is 109 Å². The van der Waals surface area contributed by atoms with Crippen molar-refractivity contribution in [1.29, 1.82) is 5.26 Å². The first-order valence-corrected chi connectivity index (χ1v) is 6.29. The predicted molar refractivity (Wildman–Crippen MR) is 72.4 cm³/mol. The van der Waals surface area contributed by atoms with Crippen molar-refractivity contribution in [2.45, 2.75) is 46.1 Å². The van der Waals surface area contributed by atoms with Crippen LogP contribution in [0.2, 0.25) is 0 Å².